The molecular weight excluding hydrogens is 322 g/mol. The van der Waals surface area contributed by atoms with E-state index >= 15 is 0 Å². The van der Waals surface area contributed by atoms with E-state index in [4.69, 9.17) is 5.11 Å². The van der Waals surface area contributed by atoms with E-state index in [0.717, 1.165) is 22.0 Å². The van der Waals surface area contributed by atoms with Gasteiger partial charge in [-0.25, -0.2) is 0 Å². The van der Waals surface area contributed by atoms with Crippen molar-refractivity contribution in [2.45, 2.75) is 38.6 Å². The van der Waals surface area contributed by atoms with Crippen LogP contribution in [0.3, 0.4) is 0 Å². The largest absolute Gasteiger partial charge is 0.481 e. The van der Waals surface area contributed by atoms with E-state index in [1.807, 2.05) is 25.1 Å². The third-order valence-corrected chi connectivity index (χ3v) is 4.30. The van der Waals surface area contributed by atoms with Crippen molar-refractivity contribution in [1.29, 1.82) is 0 Å². The zero-order valence-corrected chi connectivity index (χ0v) is 12.9. The molecule has 1 aliphatic carbocycles. The van der Waals surface area contributed by atoms with Crippen molar-refractivity contribution in [2.24, 2.45) is 5.92 Å². The molecule has 0 unspecified atom stereocenters. The van der Waals surface area contributed by atoms with Gasteiger partial charge in [-0.2, -0.15) is 0 Å². The summed E-state index contributed by atoms with van der Waals surface area (Å²) in [5.41, 5.74) is 2.07. The lowest BCUT2D eigenvalue weighted by molar-refractivity contribution is -0.141. The highest BCUT2D eigenvalue weighted by molar-refractivity contribution is 9.10. The second-order valence-electron chi connectivity index (χ2n) is 5.36. The number of carbonyl (C=O) groups is 2. The molecule has 0 aliphatic heterocycles. The number of nitrogens with one attached hydrogen (secondary N) is 1. The number of carboxylic acid groups (broad SMARTS) is 1. The standard InChI is InChI=1S/C15H18BrNO3/c1-9-6-12(16)4-2-10(9)8-14(18)17-13-5-3-11(7-13)15(19)20/h2,4,6,11,13H,3,5,7-8H2,1H3,(H,17,18)(H,19,20)/t11-,13+/m1/s1. The van der Waals surface area contributed by atoms with Crippen LogP contribution in [0.5, 0.6) is 0 Å². The Kier molecular flexibility index (Phi) is 4.81. The molecule has 1 saturated carbocycles. The quantitative estimate of drug-likeness (QED) is 0.886. The SMILES string of the molecule is Cc1cc(Br)ccc1CC(=O)N[C@H]1CC[C@@H](C(=O)O)C1. The van der Waals surface area contributed by atoms with E-state index < -0.39 is 5.97 Å². The molecule has 1 amide bonds. The smallest absolute Gasteiger partial charge is 0.306 e. The molecule has 108 valence electrons. The maximum absolute atomic E-state index is 12.0. The lowest BCUT2D eigenvalue weighted by atomic mass is 10.1. The Hall–Kier alpha value is -1.36. The molecule has 4 nitrogen and oxygen atoms in total. The molecule has 1 aromatic rings. The van der Waals surface area contributed by atoms with Gasteiger partial charge in [-0.1, -0.05) is 22.0 Å². The van der Waals surface area contributed by atoms with E-state index in [9.17, 15) is 9.59 Å². The first-order valence-electron chi connectivity index (χ1n) is 6.73. The van der Waals surface area contributed by atoms with Crippen LogP contribution in [0, 0.1) is 12.8 Å². The van der Waals surface area contributed by atoms with Crippen LogP contribution in [0.4, 0.5) is 0 Å². The maximum atomic E-state index is 12.0. The van der Waals surface area contributed by atoms with Crippen LogP contribution < -0.4 is 5.32 Å². The molecule has 1 aromatic carbocycles. The first kappa shape index (κ1) is 15.0. The number of rotatable bonds is 4. The summed E-state index contributed by atoms with van der Waals surface area (Å²) >= 11 is 3.40. The normalized spacial score (nSPS) is 21.7. The van der Waals surface area contributed by atoms with Gasteiger partial charge in [0, 0.05) is 10.5 Å². The number of carbonyl (C=O) groups excluding carboxylic acids is 1. The molecule has 0 aromatic heterocycles. The zero-order valence-electron chi connectivity index (χ0n) is 11.4. The number of halogens is 1. The topological polar surface area (TPSA) is 66.4 Å². The number of benzene rings is 1. The molecular formula is C15H18BrNO3. The van der Waals surface area contributed by atoms with Crippen molar-refractivity contribution in [3.8, 4) is 0 Å². The fourth-order valence-electron chi connectivity index (χ4n) is 2.65. The average Bonchev–Trinajstić information content (AvgIpc) is 2.81. The lowest BCUT2D eigenvalue weighted by Gasteiger charge is -2.13. The fourth-order valence-corrected chi connectivity index (χ4v) is 3.12. The van der Waals surface area contributed by atoms with Crippen molar-refractivity contribution < 1.29 is 14.7 Å². The predicted molar refractivity (Wildman–Crippen MR) is 79.5 cm³/mol. The van der Waals surface area contributed by atoms with Gasteiger partial charge < -0.3 is 10.4 Å². The summed E-state index contributed by atoms with van der Waals surface area (Å²) in [5, 5.41) is 11.9. The minimum Gasteiger partial charge on any atom is -0.481 e. The van der Waals surface area contributed by atoms with Crippen molar-refractivity contribution in [2.75, 3.05) is 0 Å². The van der Waals surface area contributed by atoms with E-state index in [-0.39, 0.29) is 17.9 Å². The Morgan fingerprint density at radius 1 is 1.40 bits per heavy atom. The second kappa shape index (κ2) is 6.39. The van der Waals surface area contributed by atoms with E-state index in [2.05, 4.69) is 21.2 Å². The van der Waals surface area contributed by atoms with Gasteiger partial charge in [-0.15, -0.1) is 0 Å². The van der Waals surface area contributed by atoms with Crippen LogP contribution in [0.15, 0.2) is 22.7 Å². The first-order valence-corrected chi connectivity index (χ1v) is 7.52. The molecule has 2 N–H and O–H groups in total. The third-order valence-electron chi connectivity index (χ3n) is 3.80. The van der Waals surface area contributed by atoms with Crippen molar-refractivity contribution >= 4 is 27.8 Å². The molecule has 0 radical (unpaired) electrons. The van der Waals surface area contributed by atoms with Crippen molar-refractivity contribution in [3.05, 3.63) is 33.8 Å². The molecule has 0 bridgehead atoms. The highest BCUT2D eigenvalue weighted by atomic mass is 79.9. The average molecular weight is 340 g/mol. The minimum atomic E-state index is -0.759. The Labute approximate surface area is 126 Å². The van der Waals surface area contributed by atoms with Crippen LogP contribution in [-0.2, 0) is 16.0 Å². The molecule has 5 heteroatoms. The summed E-state index contributed by atoms with van der Waals surface area (Å²) in [6, 6.07) is 5.84. The number of aliphatic carboxylic acids is 1. The monoisotopic (exact) mass is 339 g/mol. The van der Waals surface area contributed by atoms with E-state index in [1.54, 1.807) is 0 Å². The molecule has 1 aliphatic rings. The number of amides is 1. The molecule has 2 atom stereocenters. The molecule has 0 heterocycles. The Morgan fingerprint density at radius 3 is 2.75 bits per heavy atom. The lowest BCUT2D eigenvalue weighted by Crippen LogP contribution is -2.34. The van der Waals surface area contributed by atoms with Gasteiger partial charge in [0.25, 0.3) is 0 Å². The summed E-state index contributed by atoms with van der Waals surface area (Å²) in [4.78, 5) is 22.9. The van der Waals surface area contributed by atoms with Crippen molar-refractivity contribution in [3.63, 3.8) is 0 Å². The van der Waals surface area contributed by atoms with Crippen LogP contribution in [0.1, 0.15) is 30.4 Å². The van der Waals surface area contributed by atoms with Crippen LogP contribution in [0.25, 0.3) is 0 Å². The summed E-state index contributed by atoms with van der Waals surface area (Å²) in [7, 11) is 0. The molecule has 1 fully saturated rings. The van der Waals surface area contributed by atoms with Gasteiger partial charge in [0.05, 0.1) is 12.3 Å². The fraction of sp³-hybridized carbons (Fsp3) is 0.467. The second-order valence-corrected chi connectivity index (χ2v) is 6.28. The summed E-state index contributed by atoms with van der Waals surface area (Å²) in [5.74, 6) is -1.10. The van der Waals surface area contributed by atoms with Gasteiger partial charge in [-0.05, 0) is 49.4 Å². The highest BCUT2D eigenvalue weighted by Gasteiger charge is 2.30. The number of hydrogen-bond donors (Lipinski definition) is 2. The summed E-state index contributed by atoms with van der Waals surface area (Å²) < 4.78 is 0.999. The first-order chi connectivity index (χ1) is 9.45. The van der Waals surface area contributed by atoms with Crippen molar-refractivity contribution in [1.82, 2.24) is 5.32 Å². The Morgan fingerprint density at radius 2 is 2.15 bits per heavy atom. The third kappa shape index (κ3) is 3.82. The Balaban J connectivity index is 1.88. The van der Waals surface area contributed by atoms with E-state index in [0.29, 0.717) is 19.3 Å². The maximum Gasteiger partial charge on any atom is 0.306 e. The van der Waals surface area contributed by atoms with Gasteiger partial charge >= 0.3 is 5.97 Å². The minimum absolute atomic E-state index is 0.000598. The number of aryl methyl sites for hydroxylation is 1. The van der Waals surface area contributed by atoms with Gasteiger partial charge in [-0.3, -0.25) is 9.59 Å². The predicted octanol–water partition coefficient (Wildman–Crippen LogP) is 2.67. The molecule has 20 heavy (non-hydrogen) atoms. The molecule has 2 rings (SSSR count). The molecule has 0 saturated heterocycles. The van der Waals surface area contributed by atoms with E-state index in [1.165, 1.54) is 0 Å². The van der Waals surface area contributed by atoms with Crippen LogP contribution in [-0.4, -0.2) is 23.0 Å². The van der Waals surface area contributed by atoms with Crippen LogP contribution in [0.2, 0.25) is 0 Å². The van der Waals surface area contributed by atoms with Gasteiger partial charge in [0.2, 0.25) is 5.91 Å². The zero-order chi connectivity index (χ0) is 14.7. The van der Waals surface area contributed by atoms with Gasteiger partial charge in [0.1, 0.15) is 0 Å². The Bertz CT molecular complexity index is 530. The number of carboxylic acids is 1. The summed E-state index contributed by atoms with van der Waals surface area (Å²) in [6.07, 6.45) is 2.29. The highest BCUT2D eigenvalue weighted by Crippen LogP contribution is 2.25. The van der Waals surface area contributed by atoms with Crippen LogP contribution >= 0.6 is 15.9 Å². The number of hydrogen-bond acceptors (Lipinski definition) is 2. The molecule has 0 spiro atoms. The van der Waals surface area contributed by atoms with Gasteiger partial charge in [0.15, 0.2) is 0 Å². The summed E-state index contributed by atoms with van der Waals surface area (Å²) in [6.45, 7) is 1.98.